The summed E-state index contributed by atoms with van der Waals surface area (Å²) in [7, 11) is 0. The number of carbonyl (C=O) groups excluding carboxylic acids is 2. The molecule has 6 heteroatoms. The van der Waals surface area contributed by atoms with Gasteiger partial charge >= 0.3 is 0 Å². The number of nitrogens with zero attached hydrogens (tertiary/aromatic N) is 4. The van der Waals surface area contributed by atoms with Gasteiger partial charge in [-0.15, -0.1) is 0 Å². The van der Waals surface area contributed by atoms with Crippen molar-refractivity contribution in [3.63, 3.8) is 0 Å². The fourth-order valence-electron chi connectivity index (χ4n) is 7.37. The lowest BCUT2D eigenvalue weighted by atomic mass is 10.1. The number of benzene rings is 2. The Morgan fingerprint density at radius 3 is 1.27 bits per heavy atom. The Morgan fingerprint density at radius 2 is 0.925 bits per heavy atom. The van der Waals surface area contributed by atoms with Crippen molar-refractivity contribution >= 4 is 24.0 Å². The molecule has 0 saturated carbocycles. The average Bonchev–Trinajstić information content (AvgIpc) is 3.41. The van der Waals surface area contributed by atoms with Crippen LogP contribution in [0.4, 0.5) is 0 Å². The van der Waals surface area contributed by atoms with Crippen LogP contribution in [0.3, 0.4) is 0 Å². The number of amides is 2. The molecule has 0 radical (unpaired) electrons. The van der Waals surface area contributed by atoms with Crippen LogP contribution in [0.5, 0.6) is 0 Å². The Kier molecular flexibility index (Phi) is 8.45. The van der Waals surface area contributed by atoms with Crippen molar-refractivity contribution in [2.24, 2.45) is 0 Å². The van der Waals surface area contributed by atoms with E-state index in [1.165, 1.54) is 11.1 Å². The Labute approximate surface area is 238 Å². The molecule has 0 unspecified atom stereocenters. The van der Waals surface area contributed by atoms with Gasteiger partial charge in [0.25, 0.3) is 0 Å². The molecule has 210 valence electrons. The molecule has 0 aliphatic carbocycles. The van der Waals surface area contributed by atoms with Gasteiger partial charge in [0.15, 0.2) is 0 Å². The summed E-state index contributed by atoms with van der Waals surface area (Å²) in [4.78, 5) is 35.9. The number of fused-ring (bicyclic) bond motifs is 4. The van der Waals surface area contributed by atoms with Crippen LogP contribution in [0.1, 0.15) is 49.7 Å². The van der Waals surface area contributed by atoms with E-state index in [9.17, 15) is 9.59 Å². The maximum Gasteiger partial charge on any atom is 0.223 e. The van der Waals surface area contributed by atoms with Crippen LogP contribution in [-0.2, 0) is 9.59 Å². The molecular weight excluding hydrogens is 496 g/mol. The molecule has 0 N–H and O–H groups in total. The van der Waals surface area contributed by atoms with Crippen LogP contribution < -0.4 is 0 Å². The fraction of sp³-hybridized carbons (Fsp3) is 0.471. The zero-order valence-electron chi connectivity index (χ0n) is 23.5. The van der Waals surface area contributed by atoms with Crippen LogP contribution in [0, 0.1) is 0 Å². The Balaban J connectivity index is 0.955. The standard InChI is InChI=1S/C34H42N4O2/c39-33(37-29-15-16-30(37)24-35(23-29)21-7-13-27-9-3-1-4-10-27)19-20-34(40)38-31-17-18-32(38)26-36(25-31)22-8-14-28-11-5-2-6-12-28/h1-14,29-32H,15-26H2/b13-7+,14-8+/t29-,30+,31-,32+. The topological polar surface area (TPSA) is 47.1 Å². The summed E-state index contributed by atoms with van der Waals surface area (Å²) in [6.45, 7) is 5.55. The monoisotopic (exact) mass is 538 g/mol. The van der Waals surface area contributed by atoms with E-state index in [1.807, 2.05) is 12.1 Å². The van der Waals surface area contributed by atoms with Crippen molar-refractivity contribution in [3.05, 3.63) is 83.9 Å². The molecule has 6 rings (SSSR count). The Morgan fingerprint density at radius 1 is 0.575 bits per heavy atom. The van der Waals surface area contributed by atoms with Crippen molar-refractivity contribution in [3.8, 4) is 0 Å². The summed E-state index contributed by atoms with van der Waals surface area (Å²) in [6, 6.07) is 21.9. The molecule has 2 amide bonds. The molecule has 4 heterocycles. The highest BCUT2D eigenvalue weighted by Crippen LogP contribution is 2.33. The lowest BCUT2D eigenvalue weighted by Gasteiger charge is -2.42. The quantitative estimate of drug-likeness (QED) is 0.470. The van der Waals surface area contributed by atoms with Gasteiger partial charge in [0.05, 0.1) is 0 Å². The third kappa shape index (κ3) is 6.24. The van der Waals surface area contributed by atoms with Gasteiger partial charge in [-0.2, -0.15) is 0 Å². The molecule has 4 atom stereocenters. The lowest BCUT2D eigenvalue weighted by molar-refractivity contribution is -0.143. The van der Waals surface area contributed by atoms with Gasteiger partial charge in [-0.25, -0.2) is 0 Å². The minimum atomic E-state index is 0.178. The van der Waals surface area contributed by atoms with Gasteiger partial charge in [0.2, 0.25) is 11.8 Å². The third-order valence-electron chi connectivity index (χ3n) is 9.19. The number of piperazine rings is 2. The van der Waals surface area contributed by atoms with E-state index in [2.05, 4.69) is 92.4 Å². The lowest BCUT2D eigenvalue weighted by Crippen LogP contribution is -2.56. The zero-order valence-corrected chi connectivity index (χ0v) is 23.5. The largest absolute Gasteiger partial charge is 0.334 e. The second-order valence-corrected chi connectivity index (χ2v) is 11.9. The maximum absolute atomic E-state index is 13.3. The summed E-state index contributed by atoms with van der Waals surface area (Å²) >= 11 is 0. The number of rotatable bonds is 9. The molecule has 0 spiro atoms. The number of carbonyl (C=O) groups is 2. The van der Waals surface area contributed by atoms with Crippen LogP contribution >= 0.6 is 0 Å². The smallest absolute Gasteiger partial charge is 0.223 e. The van der Waals surface area contributed by atoms with Crippen LogP contribution in [0.15, 0.2) is 72.8 Å². The van der Waals surface area contributed by atoms with E-state index in [4.69, 9.17) is 0 Å². The first-order valence-electron chi connectivity index (χ1n) is 15.1. The second-order valence-electron chi connectivity index (χ2n) is 11.9. The van der Waals surface area contributed by atoms with E-state index in [1.54, 1.807) is 0 Å². The van der Waals surface area contributed by atoms with Crippen molar-refractivity contribution in [1.82, 2.24) is 19.6 Å². The van der Waals surface area contributed by atoms with E-state index in [-0.39, 0.29) is 36.0 Å². The molecular formula is C34H42N4O2. The maximum atomic E-state index is 13.3. The summed E-state index contributed by atoms with van der Waals surface area (Å²) in [5.41, 5.74) is 2.44. The van der Waals surface area contributed by atoms with E-state index < -0.39 is 0 Å². The normalized spacial score (nSPS) is 26.8. The van der Waals surface area contributed by atoms with Gasteiger partial charge in [-0.05, 0) is 36.8 Å². The SMILES string of the molecule is O=C(CCC(=O)N1[C@@H]2CC[C@H]1CN(C/C=C/c1ccccc1)C2)N1[C@@H]2CC[C@H]1CN(C/C=C/c1ccccc1)C2. The van der Waals surface area contributed by atoms with Crippen LogP contribution in [0.2, 0.25) is 0 Å². The van der Waals surface area contributed by atoms with Crippen molar-refractivity contribution in [2.45, 2.75) is 62.7 Å². The molecule has 4 fully saturated rings. The van der Waals surface area contributed by atoms with Crippen LogP contribution in [0.25, 0.3) is 12.2 Å². The van der Waals surface area contributed by atoms with E-state index >= 15 is 0 Å². The minimum Gasteiger partial charge on any atom is -0.334 e. The van der Waals surface area contributed by atoms with Gasteiger partial charge in [0, 0.05) is 76.3 Å². The number of hydrogen-bond donors (Lipinski definition) is 0. The zero-order chi connectivity index (χ0) is 27.3. The molecule has 4 aliphatic heterocycles. The molecule has 6 nitrogen and oxygen atoms in total. The number of likely N-dealkylation sites (tertiary alicyclic amines) is 2. The predicted molar refractivity (Wildman–Crippen MR) is 160 cm³/mol. The Hall–Kier alpha value is -3.22. The number of hydrogen-bond acceptors (Lipinski definition) is 4. The van der Waals surface area contributed by atoms with Crippen molar-refractivity contribution < 1.29 is 9.59 Å². The first-order valence-corrected chi connectivity index (χ1v) is 15.1. The van der Waals surface area contributed by atoms with Crippen molar-refractivity contribution in [2.75, 3.05) is 39.3 Å². The van der Waals surface area contributed by atoms with Crippen LogP contribution in [-0.4, -0.2) is 94.8 Å². The molecule has 4 bridgehead atoms. The Bertz CT molecular complexity index is 1090. The summed E-state index contributed by atoms with van der Waals surface area (Å²) in [6.07, 6.45) is 13.8. The summed E-state index contributed by atoms with van der Waals surface area (Å²) < 4.78 is 0. The summed E-state index contributed by atoms with van der Waals surface area (Å²) in [5.74, 6) is 0.356. The molecule has 0 aromatic heterocycles. The first-order chi connectivity index (χ1) is 19.6. The van der Waals surface area contributed by atoms with Gasteiger partial charge < -0.3 is 9.80 Å². The van der Waals surface area contributed by atoms with Gasteiger partial charge in [0.1, 0.15) is 0 Å². The van der Waals surface area contributed by atoms with Crippen molar-refractivity contribution in [1.29, 1.82) is 0 Å². The summed E-state index contributed by atoms with van der Waals surface area (Å²) in [5, 5.41) is 0. The van der Waals surface area contributed by atoms with E-state index in [0.29, 0.717) is 12.8 Å². The molecule has 4 saturated heterocycles. The van der Waals surface area contributed by atoms with E-state index in [0.717, 1.165) is 65.0 Å². The average molecular weight is 539 g/mol. The highest BCUT2D eigenvalue weighted by molar-refractivity contribution is 5.85. The predicted octanol–water partition coefficient (Wildman–Crippen LogP) is 4.54. The molecule has 2 aromatic carbocycles. The fourth-order valence-corrected chi connectivity index (χ4v) is 7.37. The third-order valence-corrected chi connectivity index (χ3v) is 9.19. The molecule has 40 heavy (non-hydrogen) atoms. The molecule has 4 aliphatic rings. The highest BCUT2D eigenvalue weighted by atomic mass is 16.2. The van der Waals surface area contributed by atoms with Gasteiger partial charge in [-0.3, -0.25) is 19.4 Å². The second kappa shape index (κ2) is 12.5. The highest BCUT2D eigenvalue weighted by Gasteiger charge is 2.44. The minimum absolute atomic E-state index is 0.178. The first kappa shape index (κ1) is 27.0. The molecule has 2 aromatic rings. The van der Waals surface area contributed by atoms with Gasteiger partial charge in [-0.1, -0.05) is 85.0 Å².